The lowest BCUT2D eigenvalue weighted by atomic mass is 10.1. The van der Waals surface area contributed by atoms with E-state index in [9.17, 15) is 9.90 Å². The largest absolute Gasteiger partial charge is 0.506 e. The summed E-state index contributed by atoms with van der Waals surface area (Å²) in [5.74, 6) is -0.377. The first-order valence-electron chi connectivity index (χ1n) is 3.79. The normalized spacial score (nSPS) is 12.5. The van der Waals surface area contributed by atoms with Crippen LogP contribution in [0.3, 0.4) is 0 Å². The summed E-state index contributed by atoms with van der Waals surface area (Å²) in [6, 6.07) is 4.51. The molecule has 70 valence electrons. The average molecular weight is 200 g/mol. The molecule has 3 nitrogen and oxygen atoms in total. The number of para-hydroxylation sites is 1. The van der Waals surface area contributed by atoms with Gasteiger partial charge in [-0.15, -0.1) is 11.6 Å². The van der Waals surface area contributed by atoms with E-state index in [4.69, 9.17) is 17.3 Å². The Morgan fingerprint density at radius 1 is 1.62 bits per heavy atom. The van der Waals surface area contributed by atoms with Crippen LogP contribution in [-0.4, -0.2) is 16.3 Å². The van der Waals surface area contributed by atoms with Gasteiger partial charge in [-0.1, -0.05) is 6.07 Å². The average Bonchev–Trinajstić information content (AvgIpc) is 2.08. The number of nitrogens with two attached hydrogens (primary N) is 1. The molecule has 3 N–H and O–H groups in total. The fourth-order valence-corrected chi connectivity index (χ4v) is 1.10. The van der Waals surface area contributed by atoms with Crippen LogP contribution >= 0.6 is 11.6 Å². The highest BCUT2D eigenvalue weighted by Crippen LogP contribution is 2.25. The second-order valence-electron chi connectivity index (χ2n) is 2.72. The summed E-state index contributed by atoms with van der Waals surface area (Å²) < 4.78 is 0. The Labute approximate surface area is 81.1 Å². The van der Waals surface area contributed by atoms with Gasteiger partial charge in [-0.25, -0.2) is 0 Å². The van der Waals surface area contributed by atoms with Gasteiger partial charge in [0.15, 0.2) is 5.78 Å². The lowest BCUT2D eigenvalue weighted by Gasteiger charge is -2.06. The predicted octanol–water partition coefficient (Wildman–Crippen LogP) is 1.78. The number of aromatic hydroxyl groups is 1. The maximum atomic E-state index is 11.4. The van der Waals surface area contributed by atoms with Gasteiger partial charge in [-0.2, -0.15) is 0 Å². The third kappa shape index (κ3) is 1.92. The van der Waals surface area contributed by atoms with Crippen LogP contribution in [0.1, 0.15) is 17.3 Å². The lowest BCUT2D eigenvalue weighted by Crippen LogP contribution is -2.12. The van der Waals surface area contributed by atoms with E-state index < -0.39 is 5.38 Å². The van der Waals surface area contributed by atoms with E-state index in [1.54, 1.807) is 13.0 Å². The molecule has 1 atom stereocenters. The van der Waals surface area contributed by atoms with Crippen molar-refractivity contribution >= 4 is 23.1 Å². The van der Waals surface area contributed by atoms with Gasteiger partial charge < -0.3 is 10.8 Å². The van der Waals surface area contributed by atoms with Crippen LogP contribution in [0.25, 0.3) is 0 Å². The van der Waals surface area contributed by atoms with Crippen molar-refractivity contribution in [3.05, 3.63) is 23.8 Å². The molecule has 0 aliphatic rings. The number of anilines is 1. The first-order chi connectivity index (χ1) is 6.04. The zero-order valence-corrected chi connectivity index (χ0v) is 7.88. The van der Waals surface area contributed by atoms with Gasteiger partial charge in [0, 0.05) is 5.56 Å². The summed E-state index contributed by atoms with van der Waals surface area (Å²) in [7, 11) is 0. The quantitative estimate of drug-likeness (QED) is 0.330. The molecule has 1 aromatic rings. The van der Waals surface area contributed by atoms with Crippen molar-refractivity contribution in [3.8, 4) is 5.75 Å². The molecule has 0 aliphatic carbocycles. The molecule has 0 bridgehead atoms. The number of halogens is 1. The number of Topliss-reactive ketones (excluding diaryl/α,β-unsaturated/α-hetero) is 1. The molecule has 0 heterocycles. The van der Waals surface area contributed by atoms with Gasteiger partial charge in [0.1, 0.15) is 5.75 Å². The molecule has 0 radical (unpaired) electrons. The molecule has 1 aromatic carbocycles. The maximum absolute atomic E-state index is 11.4. The number of rotatable bonds is 2. The number of hydrogen-bond acceptors (Lipinski definition) is 3. The van der Waals surface area contributed by atoms with Crippen LogP contribution in [0.2, 0.25) is 0 Å². The Bertz CT molecular complexity index is 336. The van der Waals surface area contributed by atoms with Crippen LogP contribution in [0, 0.1) is 0 Å². The molecule has 0 saturated carbocycles. The van der Waals surface area contributed by atoms with E-state index in [0.29, 0.717) is 0 Å². The van der Waals surface area contributed by atoms with Gasteiger partial charge in [0.2, 0.25) is 0 Å². The van der Waals surface area contributed by atoms with E-state index in [2.05, 4.69) is 0 Å². The first-order valence-corrected chi connectivity index (χ1v) is 4.23. The van der Waals surface area contributed by atoms with Gasteiger partial charge in [0.25, 0.3) is 0 Å². The monoisotopic (exact) mass is 199 g/mol. The van der Waals surface area contributed by atoms with Crippen LogP contribution in [-0.2, 0) is 0 Å². The third-order valence-electron chi connectivity index (χ3n) is 1.71. The van der Waals surface area contributed by atoms with E-state index in [0.717, 1.165) is 0 Å². The fourth-order valence-electron chi connectivity index (χ4n) is 0.982. The number of carbonyl (C=O) groups excluding carboxylic acids is 1. The summed E-state index contributed by atoms with van der Waals surface area (Å²) in [4.78, 5) is 11.4. The van der Waals surface area contributed by atoms with Crippen LogP contribution in [0.5, 0.6) is 5.75 Å². The number of phenolic OH excluding ortho intramolecular Hbond substituents is 1. The van der Waals surface area contributed by atoms with Gasteiger partial charge in [0.05, 0.1) is 11.1 Å². The molecular formula is C9H10ClNO2. The molecule has 0 fully saturated rings. The van der Waals surface area contributed by atoms with Crippen LogP contribution < -0.4 is 5.73 Å². The van der Waals surface area contributed by atoms with Crippen molar-refractivity contribution in [1.29, 1.82) is 0 Å². The first kappa shape index (κ1) is 9.86. The number of ketones is 1. The van der Waals surface area contributed by atoms with Crippen molar-refractivity contribution in [2.75, 3.05) is 5.73 Å². The Kier molecular flexibility index (Phi) is 2.78. The Morgan fingerprint density at radius 2 is 2.23 bits per heavy atom. The Morgan fingerprint density at radius 3 is 2.77 bits per heavy atom. The number of benzene rings is 1. The summed E-state index contributed by atoms with van der Waals surface area (Å²) in [6.45, 7) is 1.56. The zero-order chi connectivity index (χ0) is 10.0. The summed E-state index contributed by atoms with van der Waals surface area (Å²) in [6.07, 6.45) is 0. The zero-order valence-electron chi connectivity index (χ0n) is 7.12. The molecule has 4 heteroatoms. The van der Waals surface area contributed by atoms with Crippen molar-refractivity contribution in [1.82, 2.24) is 0 Å². The van der Waals surface area contributed by atoms with Gasteiger partial charge in [-0.3, -0.25) is 4.79 Å². The number of phenols is 1. The number of hydrogen-bond donors (Lipinski definition) is 2. The SMILES string of the molecule is CC(Cl)C(=O)c1cccc(O)c1N. The molecule has 0 amide bonds. The highest BCUT2D eigenvalue weighted by atomic mass is 35.5. The predicted molar refractivity (Wildman–Crippen MR) is 52.2 cm³/mol. The standard InChI is InChI=1S/C9H10ClNO2/c1-5(10)9(13)6-3-2-4-7(12)8(6)11/h2-5,12H,11H2,1H3. The molecule has 1 unspecified atom stereocenters. The lowest BCUT2D eigenvalue weighted by molar-refractivity contribution is 0.0992. The second-order valence-corrected chi connectivity index (χ2v) is 3.37. The van der Waals surface area contributed by atoms with E-state index in [1.807, 2.05) is 0 Å². The van der Waals surface area contributed by atoms with Gasteiger partial charge >= 0.3 is 0 Å². The number of nitrogen functional groups attached to an aromatic ring is 1. The maximum Gasteiger partial charge on any atom is 0.182 e. The van der Waals surface area contributed by atoms with Crippen molar-refractivity contribution in [2.24, 2.45) is 0 Å². The van der Waals surface area contributed by atoms with Crippen LogP contribution in [0.4, 0.5) is 5.69 Å². The molecule has 1 rings (SSSR count). The fraction of sp³-hybridized carbons (Fsp3) is 0.222. The van der Waals surface area contributed by atoms with E-state index in [-0.39, 0.29) is 22.8 Å². The van der Waals surface area contributed by atoms with Crippen molar-refractivity contribution < 1.29 is 9.90 Å². The number of carbonyl (C=O) groups is 1. The smallest absolute Gasteiger partial charge is 0.182 e. The summed E-state index contributed by atoms with van der Waals surface area (Å²) in [5, 5.41) is 8.58. The number of alkyl halides is 1. The van der Waals surface area contributed by atoms with Crippen LogP contribution in [0.15, 0.2) is 18.2 Å². The second kappa shape index (κ2) is 3.66. The van der Waals surface area contributed by atoms with Crippen molar-refractivity contribution in [2.45, 2.75) is 12.3 Å². The molecule has 0 aromatic heterocycles. The minimum absolute atomic E-state index is 0.0833. The summed E-state index contributed by atoms with van der Waals surface area (Å²) in [5.41, 5.74) is 5.84. The minimum Gasteiger partial charge on any atom is -0.506 e. The van der Waals surface area contributed by atoms with Crippen molar-refractivity contribution in [3.63, 3.8) is 0 Å². The van der Waals surface area contributed by atoms with E-state index >= 15 is 0 Å². The van der Waals surface area contributed by atoms with Gasteiger partial charge in [-0.05, 0) is 19.1 Å². The van der Waals surface area contributed by atoms with E-state index in [1.165, 1.54) is 12.1 Å². The Hall–Kier alpha value is -1.22. The molecule has 0 aliphatic heterocycles. The highest BCUT2D eigenvalue weighted by Gasteiger charge is 2.16. The molecular weight excluding hydrogens is 190 g/mol. The highest BCUT2D eigenvalue weighted by molar-refractivity contribution is 6.34. The third-order valence-corrected chi connectivity index (χ3v) is 1.91. The minimum atomic E-state index is -0.635. The molecule has 0 spiro atoms. The molecule has 13 heavy (non-hydrogen) atoms. The summed E-state index contributed by atoms with van der Waals surface area (Å²) >= 11 is 5.60. The topological polar surface area (TPSA) is 63.3 Å². The molecule has 0 saturated heterocycles. The Balaban J connectivity index is 3.15.